The van der Waals surface area contributed by atoms with E-state index in [4.69, 9.17) is 14.2 Å². The quantitative estimate of drug-likeness (QED) is 0.376. The van der Waals surface area contributed by atoms with Gasteiger partial charge in [-0.05, 0) is 50.6 Å². The molecule has 0 unspecified atom stereocenters. The SMILES string of the molecule is CCOc1cc(C(=O)NCC(=O)N/N=C/c2ccc(C(F)(F)F)cc2)cc(OCC)c1OCC. The van der Waals surface area contributed by atoms with Crippen molar-refractivity contribution in [2.75, 3.05) is 26.4 Å². The van der Waals surface area contributed by atoms with E-state index in [2.05, 4.69) is 15.8 Å². The number of hydrazone groups is 1. The molecule has 34 heavy (non-hydrogen) atoms. The number of hydrogen-bond donors (Lipinski definition) is 2. The van der Waals surface area contributed by atoms with Crippen LogP contribution in [0.4, 0.5) is 13.2 Å². The summed E-state index contributed by atoms with van der Waals surface area (Å²) in [4.78, 5) is 24.5. The molecule has 8 nitrogen and oxygen atoms in total. The highest BCUT2D eigenvalue weighted by atomic mass is 19.4. The lowest BCUT2D eigenvalue weighted by Crippen LogP contribution is -2.35. The minimum atomic E-state index is -4.43. The van der Waals surface area contributed by atoms with Crippen LogP contribution in [0.3, 0.4) is 0 Å². The molecule has 0 saturated carbocycles. The molecule has 0 fully saturated rings. The molecule has 2 N–H and O–H groups in total. The molecule has 0 aliphatic rings. The van der Waals surface area contributed by atoms with Crippen LogP contribution in [0.5, 0.6) is 17.2 Å². The maximum Gasteiger partial charge on any atom is 0.416 e. The summed E-state index contributed by atoms with van der Waals surface area (Å²) in [6, 6.07) is 7.25. The first kappa shape index (κ1) is 26.5. The molecule has 0 heterocycles. The average molecular weight is 481 g/mol. The van der Waals surface area contributed by atoms with Gasteiger partial charge in [-0.3, -0.25) is 9.59 Å². The molecular formula is C23H26F3N3O5. The van der Waals surface area contributed by atoms with Gasteiger partial charge < -0.3 is 19.5 Å². The zero-order chi connectivity index (χ0) is 25.1. The van der Waals surface area contributed by atoms with Crippen molar-refractivity contribution in [1.29, 1.82) is 0 Å². The van der Waals surface area contributed by atoms with Gasteiger partial charge in [-0.1, -0.05) is 12.1 Å². The summed E-state index contributed by atoms with van der Waals surface area (Å²) in [5.74, 6) is -0.112. The Balaban J connectivity index is 1.99. The van der Waals surface area contributed by atoms with Gasteiger partial charge in [0.15, 0.2) is 11.5 Å². The maximum atomic E-state index is 12.6. The largest absolute Gasteiger partial charge is 0.490 e. The van der Waals surface area contributed by atoms with Gasteiger partial charge in [0, 0.05) is 5.56 Å². The van der Waals surface area contributed by atoms with Crippen LogP contribution < -0.4 is 25.0 Å². The highest BCUT2D eigenvalue weighted by Gasteiger charge is 2.29. The van der Waals surface area contributed by atoms with E-state index >= 15 is 0 Å². The molecule has 11 heteroatoms. The Morgan fingerprint density at radius 3 is 2.00 bits per heavy atom. The highest BCUT2D eigenvalue weighted by Crippen LogP contribution is 2.39. The fourth-order valence-electron chi connectivity index (χ4n) is 2.76. The zero-order valence-corrected chi connectivity index (χ0v) is 19.0. The Labute approximate surface area is 195 Å². The van der Waals surface area contributed by atoms with Crippen molar-refractivity contribution in [1.82, 2.24) is 10.7 Å². The Kier molecular flexibility index (Phi) is 9.72. The van der Waals surface area contributed by atoms with E-state index in [1.165, 1.54) is 30.5 Å². The molecule has 2 rings (SSSR count). The van der Waals surface area contributed by atoms with Crippen LogP contribution >= 0.6 is 0 Å². The Morgan fingerprint density at radius 1 is 0.941 bits per heavy atom. The fourth-order valence-corrected chi connectivity index (χ4v) is 2.76. The molecule has 0 aromatic heterocycles. The van der Waals surface area contributed by atoms with Crippen LogP contribution in [-0.4, -0.2) is 44.4 Å². The van der Waals surface area contributed by atoms with E-state index in [-0.39, 0.29) is 12.1 Å². The molecule has 2 aromatic carbocycles. The first-order valence-corrected chi connectivity index (χ1v) is 10.5. The predicted molar refractivity (Wildman–Crippen MR) is 119 cm³/mol. The number of amides is 2. The van der Waals surface area contributed by atoms with Crippen molar-refractivity contribution in [3.8, 4) is 17.2 Å². The number of nitrogens with one attached hydrogen (secondary N) is 2. The summed E-state index contributed by atoms with van der Waals surface area (Å²) in [7, 11) is 0. The molecule has 0 atom stereocenters. The number of rotatable bonds is 11. The number of carbonyl (C=O) groups excluding carboxylic acids is 2. The van der Waals surface area contributed by atoms with Gasteiger partial charge in [-0.2, -0.15) is 18.3 Å². The Hall–Kier alpha value is -3.76. The predicted octanol–water partition coefficient (Wildman–Crippen LogP) is 3.78. The van der Waals surface area contributed by atoms with E-state index in [9.17, 15) is 22.8 Å². The molecule has 0 spiro atoms. The topological polar surface area (TPSA) is 98.2 Å². The van der Waals surface area contributed by atoms with Crippen LogP contribution in [0.2, 0.25) is 0 Å². The van der Waals surface area contributed by atoms with E-state index in [0.717, 1.165) is 12.1 Å². The number of alkyl halides is 3. The van der Waals surface area contributed by atoms with Crippen molar-refractivity contribution in [2.24, 2.45) is 5.10 Å². The third-order valence-corrected chi connectivity index (χ3v) is 4.22. The second-order valence-electron chi connectivity index (χ2n) is 6.70. The first-order chi connectivity index (χ1) is 16.2. The summed E-state index contributed by atoms with van der Waals surface area (Å²) in [5.41, 5.74) is 1.97. The van der Waals surface area contributed by atoms with Gasteiger partial charge in [0.05, 0.1) is 38.1 Å². The van der Waals surface area contributed by atoms with Crippen molar-refractivity contribution in [2.45, 2.75) is 26.9 Å². The second-order valence-corrected chi connectivity index (χ2v) is 6.70. The molecular weight excluding hydrogens is 455 g/mol. The fraction of sp³-hybridized carbons (Fsp3) is 0.348. The molecule has 0 aliphatic carbocycles. The Morgan fingerprint density at radius 2 is 1.50 bits per heavy atom. The number of carbonyl (C=O) groups is 2. The molecule has 0 aliphatic heterocycles. The molecule has 184 valence electrons. The van der Waals surface area contributed by atoms with Gasteiger partial charge >= 0.3 is 6.18 Å². The molecule has 0 bridgehead atoms. The smallest absolute Gasteiger partial charge is 0.416 e. The number of hydrogen-bond acceptors (Lipinski definition) is 6. The molecule has 2 aromatic rings. The lowest BCUT2D eigenvalue weighted by molar-refractivity contribution is -0.137. The van der Waals surface area contributed by atoms with Gasteiger partial charge in [0.1, 0.15) is 0 Å². The van der Waals surface area contributed by atoms with E-state index in [1.807, 2.05) is 6.92 Å². The van der Waals surface area contributed by atoms with Gasteiger partial charge in [0.2, 0.25) is 5.75 Å². The van der Waals surface area contributed by atoms with Crippen molar-refractivity contribution >= 4 is 18.0 Å². The van der Waals surface area contributed by atoms with Crippen LogP contribution in [0, 0.1) is 0 Å². The van der Waals surface area contributed by atoms with Gasteiger partial charge in [-0.15, -0.1) is 0 Å². The number of benzene rings is 2. The average Bonchev–Trinajstić information content (AvgIpc) is 2.79. The second kappa shape index (κ2) is 12.5. The summed E-state index contributed by atoms with van der Waals surface area (Å²) in [6.07, 6.45) is -3.24. The van der Waals surface area contributed by atoms with E-state index in [0.29, 0.717) is 42.6 Å². The van der Waals surface area contributed by atoms with Crippen LogP contribution in [0.15, 0.2) is 41.5 Å². The summed E-state index contributed by atoms with van der Waals surface area (Å²) < 4.78 is 54.5. The van der Waals surface area contributed by atoms with Crippen LogP contribution in [0.25, 0.3) is 0 Å². The van der Waals surface area contributed by atoms with Crippen molar-refractivity contribution < 1.29 is 37.0 Å². The minimum Gasteiger partial charge on any atom is -0.490 e. The zero-order valence-electron chi connectivity index (χ0n) is 19.0. The normalized spacial score (nSPS) is 11.2. The lowest BCUT2D eigenvalue weighted by Gasteiger charge is -2.17. The maximum absolute atomic E-state index is 12.6. The van der Waals surface area contributed by atoms with E-state index in [1.54, 1.807) is 13.8 Å². The molecule has 0 saturated heterocycles. The number of nitrogens with zero attached hydrogens (tertiary/aromatic N) is 1. The lowest BCUT2D eigenvalue weighted by atomic mass is 10.1. The third kappa shape index (κ3) is 7.68. The minimum absolute atomic E-state index is 0.205. The molecule has 2 amide bonds. The standard InChI is InChI=1S/C23H26F3N3O5/c1-4-32-18-11-16(12-19(33-5-2)21(18)34-6-3)22(31)27-14-20(30)29-28-13-15-7-9-17(10-8-15)23(24,25)26/h7-13H,4-6,14H2,1-3H3,(H,27,31)(H,29,30)/b28-13+. The number of halogens is 3. The molecule has 0 radical (unpaired) electrons. The monoisotopic (exact) mass is 481 g/mol. The van der Waals surface area contributed by atoms with Crippen molar-refractivity contribution in [3.05, 3.63) is 53.1 Å². The summed E-state index contributed by atoms with van der Waals surface area (Å²) >= 11 is 0. The summed E-state index contributed by atoms with van der Waals surface area (Å²) in [6.45, 7) is 6.07. The van der Waals surface area contributed by atoms with Crippen LogP contribution in [-0.2, 0) is 11.0 Å². The number of ether oxygens (including phenoxy) is 3. The Bertz CT molecular complexity index is 981. The van der Waals surface area contributed by atoms with Crippen LogP contribution in [0.1, 0.15) is 42.3 Å². The summed E-state index contributed by atoms with van der Waals surface area (Å²) in [5, 5.41) is 6.14. The third-order valence-electron chi connectivity index (χ3n) is 4.22. The van der Waals surface area contributed by atoms with Crippen molar-refractivity contribution in [3.63, 3.8) is 0 Å². The van der Waals surface area contributed by atoms with Gasteiger partial charge in [0.25, 0.3) is 11.8 Å². The first-order valence-electron chi connectivity index (χ1n) is 10.5. The van der Waals surface area contributed by atoms with Gasteiger partial charge in [-0.25, -0.2) is 5.43 Å². The highest BCUT2D eigenvalue weighted by molar-refractivity contribution is 5.97. The van der Waals surface area contributed by atoms with E-state index < -0.39 is 23.6 Å².